The normalized spacial score (nSPS) is 14.5. The number of carbonyl (C=O) groups is 1. The number of aliphatic carboxylic acids is 1. The molecule has 62 valence electrons. The van der Waals surface area contributed by atoms with Crippen LogP contribution in [-0.4, -0.2) is 11.1 Å². The molecule has 0 bridgehead atoms. The van der Waals surface area contributed by atoms with Crippen molar-refractivity contribution >= 4 is 5.97 Å². The third-order valence-electron chi connectivity index (χ3n) is 1.30. The summed E-state index contributed by atoms with van der Waals surface area (Å²) in [6.07, 6.45) is 8.05. The number of carboxylic acids is 1. The number of rotatable bonds is 2. The van der Waals surface area contributed by atoms with Crippen LogP contribution < -0.4 is 0 Å². The Morgan fingerprint density at radius 1 is 1.42 bits per heavy atom. The summed E-state index contributed by atoms with van der Waals surface area (Å²) in [4.78, 5) is 10.4. The zero-order chi connectivity index (χ0) is 8.97. The van der Waals surface area contributed by atoms with E-state index in [0.29, 0.717) is 0 Å². The molecule has 3 nitrogen and oxygen atoms in total. The molecule has 1 rings (SSSR count). The average molecular weight is 164 g/mol. The van der Waals surface area contributed by atoms with E-state index in [2.05, 4.69) is 6.58 Å². The molecule has 1 aliphatic rings. The first-order valence-corrected chi connectivity index (χ1v) is 3.34. The van der Waals surface area contributed by atoms with E-state index in [4.69, 9.17) is 9.84 Å². The van der Waals surface area contributed by atoms with Crippen molar-refractivity contribution in [1.29, 1.82) is 0 Å². The molecule has 0 spiro atoms. The molecule has 0 radical (unpaired) electrons. The largest absolute Gasteiger partial charge is 0.478 e. The van der Waals surface area contributed by atoms with Gasteiger partial charge in [-0.15, -0.1) is 0 Å². The number of ether oxygens (including phenoxy) is 1. The van der Waals surface area contributed by atoms with Gasteiger partial charge in [-0.3, -0.25) is 0 Å². The fourth-order valence-electron chi connectivity index (χ4n) is 0.681. The molecular weight excluding hydrogens is 156 g/mol. The smallest absolute Gasteiger partial charge is 0.338 e. The van der Waals surface area contributed by atoms with Crippen LogP contribution in [0.1, 0.15) is 0 Å². The average Bonchev–Trinajstić information content (AvgIpc) is 2.30. The Morgan fingerprint density at radius 2 is 2.17 bits per heavy atom. The molecule has 0 aliphatic carbocycles. The first-order chi connectivity index (χ1) is 5.72. The predicted molar refractivity (Wildman–Crippen MR) is 44.2 cm³/mol. The maximum Gasteiger partial charge on any atom is 0.338 e. The lowest BCUT2D eigenvalue weighted by Crippen LogP contribution is -2.02. The monoisotopic (exact) mass is 164 g/mol. The van der Waals surface area contributed by atoms with E-state index in [1.54, 1.807) is 24.3 Å². The lowest BCUT2D eigenvalue weighted by molar-refractivity contribution is -0.132. The predicted octanol–water partition coefficient (Wildman–Crippen LogP) is 1.61. The van der Waals surface area contributed by atoms with E-state index in [-0.39, 0.29) is 11.3 Å². The van der Waals surface area contributed by atoms with Gasteiger partial charge in [-0.25, -0.2) is 4.79 Å². The minimum atomic E-state index is -1.08. The van der Waals surface area contributed by atoms with Crippen LogP contribution >= 0.6 is 0 Å². The lowest BCUT2D eigenvalue weighted by Gasteiger charge is -2.02. The standard InChI is InChI=1S/C9H8O3/c1-7(9(10)11)8-5-3-2-4-6-12-8/h2-6H,1H2,(H,10,11). The van der Waals surface area contributed by atoms with Crippen LogP contribution in [0.25, 0.3) is 0 Å². The second kappa shape index (κ2) is 3.57. The Bertz CT molecular complexity index is 295. The van der Waals surface area contributed by atoms with E-state index >= 15 is 0 Å². The highest BCUT2D eigenvalue weighted by Crippen LogP contribution is 2.12. The topological polar surface area (TPSA) is 46.5 Å². The maximum atomic E-state index is 10.4. The van der Waals surface area contributed by atoms with Gasteiger partial charge in [-0.1, -0.05) is 18.7 Å². The van der Waals surface area contributed by atoms with Crippen LogP contribution in [0, 0.1) is 0 Å². The highest BCUT2D eigenvalue weighted by Gasteiger charge is 2.10. The Morgan fingerprint density at radius 3 is 2.83 bits per heavy atom. The Hall–Kier alpha value is -1.77. The molecular formula is C9H8O3. The number of hydrogen-bond donors (Lipinski definition) is 1. The first kappa shape index (κ1) is 8.33. The second-order valence-electron chi connectivity index (χ2n) is 2.15. The Kier molecular flexibility index (Phi) is 2.48. The van der Waals surface area contributed by atoms with Gasteiger partial charge in [-0.2, -0.15) is 0 Å². The van der Waals surface area contributed by atoms with E-state index in [0.717, 1.165) is 0 Å². The zero-order valence-corrected chi connectivity index (χ0v) is 6.36. The van der Waals surface area contributed by atoms with Crippen molar-refractivity contribution < 1.29 is 14.6 Å². The highest BCUT2D eigenvalue weighted by atomic mass is 16.5. The summed E-state index contributed by atoms with van der Waals surface area (Å²) >= 11 is 0. The number of carboxylic acid groups (broad SMARTS) is 1. The van der Waals surface area contributed by atoms with Gasteiger partial charge in [0.15, 0.2) is 0 Å². The van der Waals surface area contributed by atoms with E-state index in [1.165, 1.54) is 6.26 Å². The van der Waals surface area contributed by atoms with Gasteiger partial charge >= 0.3 is 5.97 Å². The third kappa shape index (κ3) is 1.85. The number of allylic oxidation sites excluding steroid dienone is 4. The molecule has 0 unspecified atom stereocenters. The minimum Gasteiger partial charge on any atom is -0.478 e. The van der Waals surface area contributed by atoms with Gasteiger partial charge in [0.1, 0.15) is 5.76 Å². The van der Waals surface area contributed by atoms with Crippen molar-refractivity contribution in [2.75, 3.05) is 0 Å². The highest BCUT2D eigenvalue weighted by molar-refractivity contribution is 5.90. The van der Waals surface area contributed by atoms with Gasteiger partial charge in [0.05, 0.1) is 11.8 Å². The summed E-state index contributed by atoms with van der Waals surface area (Å²) in [6.45, 7) is 3.36. The second-order valence-corrected chi connectivity index (χ2v) is 2.15. The molecule has 3 heteroatoms. The maximum absolute atomic E-state index is 10.4. The molecule has 0 amide bonds. The molecule has 0 atom stereocenters. The molecule has 0 fully saturated rings. The molecule has 0 saturated carbocycles. The number of hydrogen-bond acceptors (Lipinski definition) is 2. The Balaban J connectivity index is 2.82. The molecule has 0 aromatic heterocycles. The van der Waals surface area contributed by atoms with Crippen LogP contribution in [0.15, 0.2) is 48.5 Å². The van der Waals surface area contributed by atoms with E-state index < -0.39 is 5.97 Å². The van der Waals surface area contributed by atoms with Crippen LogP contribution in [-0.2, 0) is 9.53 Å². The molecule has 1 N–H and O–H groups in total. The summed E-state index contributed by atoms with van der Waals surface area (Å²) in [6, 6.07) is 0. The minimum absolute atomic E-state index is 0.0498. The van der Waals surface area contributed by atoms with Crippen LogP contribution in [0.3, 0.4) is 0 Å². The van der Waals surface area contributed by atoms with Crippen LogP contribution in [0.5, 0.6) is 0 Å². The molecule has 0 saturated heterocycles. The summed E-state index contributed by atoms with van der Waals surface area (Å²) in [5, 5.41) is 8.56. The van der Waals surface area contributed by atoms with E-state index in [9.17, 15) is 4.79 Å². The van der Waals surface area contributed by atoms with Gasteiger partial charge in [0.25, 0.3) is 0 Å². The van der Waals surface area contributed by atoms with Gasteiger partial charge < -0.3 is 9.84 Å². The van der Waals surface area contributed by atoms with Crippen molar-refractivity contribution in [3.05, 3.63) is 48.5 Å². The van der Waals surface area contributed by atoms with Gasteiger partial charge in [0.2, 0.25) is 0 Å². The quantitative estimate of drug-likeness (QED) is 0.630. The fourth-order valence-corrected chi connectivity index (χ4v) is 0.681. The van der Waals surface area contributed by atoms with E-state index in [1.807, 2.05) is 0 Å². The summed E-state index contributed by atoms with van der Waals surface area (Å²) < 4.78 is 4.96. The Labute approximate surface area is 70.0 Å². The van der Waals surface area contributed by atoms with Gasteiger partial charge in [-0.05, 0) is 12.2 Å². The van der Waals surface area contributed by atoms with Crippen molar-refractivity contribution in [1.82, 2.24) is 0 Å². The van der Waals surface area contributed by atoms with Crippen molar-refractivity contribution in [2.45, 2.75) is 0 Å². The fraction of sp³-hybridized carbons (Fsp3) is 0. The third-order valence-corrected chi connectivity index (χ3v) is 1.30. The van der Waals surface area contributed by atoms with Crippen molar-refractivity contribution in [3.8, 4) is 0 Å². The van der Waals surface area contributed by atoms with Gasteiger partial charge in [0, 0.05) is 0 Å². The summed E-state index contributed by atoms with van der Waals surface area (Å²) in [5.41, 5.74) is -0.0498. The zero-order valence-electron chi connectivity index (χ0n) is 6.36. The lowest BCUT2D eigenvalue weighted by atomic mass is 10.2. The van der Waals surface area contributed by atoms with Crippen LogP contribution in [0.4, 0.5) is 0 Å². The summed E-state index contributed by atoms with van der Waals surface area (Å²) in [5.74, 6) is -0.822. The molecule has 1 heterocycles. The first-order valence-electron chi connectivity index (χ1n) is 3.34. The molecule has 1 aliphatic heterocycles. The van der Waals surface area contributed by atoms with Crippen LogP contribution in [0.2, 0.25) is 0 Å². The molecule has 0 aromatic rings. The van der Waals surface area contributed by atoms with Crippen molar-refractivity contribution in [2.24, 2.45) is 0 Å². The van der Waals surface area contributed by atoms with Crippen molar-refractivity contribution in [3.63, 3.8) is 0 Å². The molecule has 0 aromatic carbocycles. The molecule has 12 heavy (non-hydrogen) atoms. The SMILES string of the molecule is C=C(C(=O)O)C1=CC=CC=CO1. The summed E-state index contributed by atoms with van der Waals surface area (Å²) in [7, 11) is 0.